The van der Waals surface area contributed by atoms with Crippen LogP contribution in [-0.4, -0.2) is 207 Å². The van der Waals surface area contributed by atoms with Crippen molar-refractivity contribution in [1.29, 1.82) is 0 Å². The Balaban J connectivity index is 1.21. The Bertz CT molecular complexity index is 2860. The molecule has 1 unspecified atom stereocenters. The second-order valence-corrected chi connectivity index (χ2v) is 25.9. The number of benzene rings is 3. The van der Waals surface area contributed by atoms with Crippen molar-refractivity contribution in [3.63, 3.8) is 0 Å². The van der Waals surface area contributed by atoms with Crippen molar-refractivity contribution in [3.8, 4) is 11.5 Å². The molecule has 3 aromatic carbocycles. The fourth-order valence-electron chi connectivity index (χ4n) is 12.5. The number of aliphatic hydroxyl groups excluding tert-OH is 1. The number of nitrogens with one attached hydrogen (secondary N) is 2. The summed E-state index contributed by atoms with van der Waals surface area (Å²) in [7, 11) is 3.21. The van der Waals surface area contributed by atoms with Gasteiger partial charge >= 0.3 is 11.9 Å². The smallest absolute Gasteiger partial charge is 0.302 e. The van der Waals surface area contributed by atoms with Crippen LogP contribution in [0.3, 0.4) is 0 Å². The molecule has 5 rings (SSSR count). The maximum absolute atomic E-state index is 14.7. The molecule has 0 aromatic heterocycles. The van der Waals surface area contributed by atoms with E-state index in [-0.39, 0.29) is 160 Å². The van der Waals surface area contributed by atoms with E-state index in [0.29, 0.717) is 57.2 Å². The molecule has 2 heterocycles. The molecular formula is C74H109N3O21. The first-order valence-electron chi connectivity index (χ1n) is 34.5. The summed E-state index contributed by atoms with van der Waals surface area (Å²) in [6, 6.07) is 24.3. The molecule has 24 nitrogen and oxygen atoms in total. The zero-order valence-corrected chi connectivity index (χ0v) is 59.5. The molecule has 3 amide bonds. The summed E-state index contributed by atoms with van der Waals surface area (Å²) in [5, 5.41) is 17.2. The van der Waals surface area contributed by atoms with Gasteiger partial charge in [0.15, 0.2) is 6.29 Å². The number of esters is 2. The number of ketones is 3. The molecule has 3 aromatic rings. The summed E-state index contributed by atoms with van der Waals surface area (Å²) >= 11 is 0. The number of methoxy groups -OCH3 is 2. The van der Waals surface area contributed by atoms with Gasteiger partial charge < -0.3 is 77.5 Å². The summed E-state index contributed by atoms with van der Waals surface area (Å²) in [4.78, 5) is 108. The summed E-state index contributed by atoms with van der Waals surface area (Å²) in [6.45, 7) is 16.4. The number of nitrogens with zero attached hydrogens (tertiary/aromatic N) is 1. The quantitative estimate of drug-likeness (QED) is 0.0209. The Kier molecular flexibility index (Phi) is 35.4. The van der Waals surface area contributed by atoms with E-state index >= 15 is 0 Å². The van der Waals surface area contributed by atoms with E-state index in [0.717, 1.165) is 16.7 Å². The molecule has 546 valence electrons. The van der Waals surface area contributed by atoms with Gasteiger partial charge in [0.05, 0.1) is 67.1 Å². The third-order valence-corrected chi connectivity index (χ3v) is 18.5. The van der Waals surface area contributed by atoms with E-state index in [1.54, 1.807) is 26.0 Å². The third kappa shape index (κ3) is 25.8. The fourth-order valence-corrected chi connectivity index (χ4v) is 12.5. The number of ether oxygens (including phenoxy) is 12. The van der Waals surface area contributed by atoms with Gasteiger partial charge in [0.25, 0.3) is 0 Å². The molecule has 2 aliphatic heterocycles. The molecule has 0 saturated carbocycles. The van der Waals surface area contributed by atoms with Crippen LogP contribution in [0, 0.1) is 16.7 Å². The zero-order chi connectivity index (χ0) is 71.6. The Morgan fingerprint density at radius 1 is 0.602 bits per heavy atom. The molecule has 24 heteroatoms. The standard InChI is InChI=1S/C74H109N3O21/c1-11-89-38-16-21-60(82)32-35-73(36-33-61(83)22-17-39-90-12-2,37-34-62(84)23-18-40-91-41-42-92-43-44-93-45-46-94-70-68(75-54(4)79)69(97-56(6)81)53(3)65(98-70)48-95-55(5)80)76-66(85)47-67(86)77-49-71(7,51-78)72(8,50-77)52-96-74(57-19-14-13-15-20-57,58-24-28-63(87-9)29-25-58)59-26-30-64(88-10)31-27-59/h13-15,19-20,24-31,53,65,68-70,78H,11-12,16-18,21-23,32-52H2,1-10H3,(H,75,79)(H,76,85)/t53-,65+,68+,69-,70?,71+,72-/m0/s1. The second kappa shape index (κ2) is 42.4. The lowest BCUT2D eigenvalue weighted by atomic mass is 9.68. The Morgan fingerprint density at radius 2 is 1.07 bits per heavy atom. The van der Waals surface area contributed by atoms with Gasteiger partial charge in [-0.25, -0.2) is 0 Å². The normalized spacial score (nSPS) is 20.1. The molecule has 2 fully saturated rings. The topological polar surface area (TPSA) is 295 Å². The van der Waals surface area contributed by atoms with E-state index in [4.69, 9.17) is 56.8 Å². The minimum atomic E-state index is -1.22. The van der Waals surface area contributed by atoms with Crippen LogP contribution < -0.4 is 20.1 Å². The van der Waals surface area contributed by atoms with Crippen molar-refractivity contribution in [2.75, 3.05) is 120 Å². The summed E-state index contributed by atoms with van der Waals surface area (Å²) in [5.41, 5.74) is -1.73. The first-order valence-corrected chi connectivity index (χ1v) is 34.5. The molecule has 2 aliphatic rings. The molecule has 0 aliphatic carbocycles. The monoisotopic (exact) mass is 1380 g/mol. The highest BCUT2D eigenvalue weighted by Crippen LogP contribution is 2.50. The van der Waals surface area contributed by atoms with Crippen LogP contribution in [-0.2, 0) is 91.3 Å². The highest BCUT2D eigenvalue weighted by Gasteiger charge is 2.55. The van der Waals surface area contributed by atoms with Crippen molar-refractivity contribution < 1.29 is 100 Å². The van der Waals surface area contributed by atoms with Crippen molar-refractivity contribution in [3.05, 3.63) is 95.6 Å². The molecule has 3 N–H and O–H groups in total. The maximum Gasteiger partial charge on any atom is 0.302 e. The van der Waals surface area contributed by atoms with Gasteiger partial charge in [0.1, 0.15) is 65.7 Å². The Labute approximate surface area is 578 Å². The molecule has 0 bridgehead atoms. The van der Waals surface area contributed by atoms with Crippen LogP contribution in [0.4, 0.5) is 0 Å². The average molecular weight is 1380 g/mol. The van der Waals surface area contributed by atoms with Gasteiger partial charge in [-0.1, -0.05) is 75.4 Å². The van der Waals surface area contributed by atoms with E-state index < -0.39 is 82.6 Å². The molecular weight excluding hydrogens is 1270 g/mol. The molecule has 2 saturated heterocycles. The number of carbonyl (C=O) groups excluding carboxylic acids is 8. The van der Waals surface area contributed by atoms with Crippen LogP contribution in [0.2, 0.25) is 0 Å². The molecule has 7 atom stereocenters. The van der Waals surface area contributed by atoms with Crippen molar-refractivity contribution in [2.24, 2.45) is 16.7 Å². The minimum absolute atomic E-state index is 0.0183. The zero-order valence-electron chi connectivity index (χ0n) is 59.5. The number of carbonyl (C=O) groups is 8. The number of rotatable bonds is 49. The average Bonchev–Trinajstić information content (AvgIpc) is 1.37. The number of aliphatic hydroxyl groups is 1. The third-order valence-electron chi connectivity index (χ3n) is 18.5. The number of likely N-dealkylation sites (tertiary alicyclic amines) is 1. The fraction of sp³-hybridized carbons (Fsp3) is 0.649. The van der Waals surface area contributed by atoms with Gasteiger partial charge in [-0.05, 0) is 93.3 Å². The van der Waals surface area contributed by atoms with Gasteiger partial charge in [-0.2, -0.15) is 0 Å². The summed E-state index contributed by atoms with van der Waals surface area (Å²) < 4.78 is 69.4. The van der Waals surface area contributed by atoms with Gasteiger partial charge in [-0.3, -0.25) is 38.4 Å². The first kappa shape index (κ1) is 81.9. The van der Waals surface area contributed by atoms with Crippen LogP contribution >= 0.6 is 0 Å². The number of hydrogen-bond acceptors (Lipinski definition) is 21. The molecule has 0 spiro atoms. The minimum Gasteiger partial charge on any atom is -0.497 e. The van der Waals surface area contributed by atoms with Crippen LogP contribution in [0.1, 0.15) is 156 Å². The highest BCUT2D eigenvalue weighted by atomic mass is 16.7. The first-order chi connectivity index (χ1) is 47.0. The number of hydrogen-bond donors (Lipinski definition) is 3. The van der Waals surface area contributed by atoms with Gasteiger partial charge in [-0.15, -0.1) is 0 Å². The largest absolute Gasteiger partial charge is 0.497 e. The Hall–Kier alpha value is -6.74. The van der Waals surface area contributed by atoms with Crippen LogP contribution in [0.15, 0.2) is 78.9 Å². The van der Waals surface area contributed by atoms with Gasteiger partial charge in [0, 0.05) is 128 Å². The van der Waals surface area contributed by atoms with Crippen molar-refractivity contribution >= 4 is 47.0 Å². The predicted octanol–water partition coefficient (Wildman–Crippen LogP) is 7.99. The Morgan fingerprint density at radius 3 is 1.53 bits per heavy atom. The van der Waals surface area contributed by atoms with E-state index in [1.165, 1.54) is 20.8 Å². The van der Waals surface area contributed by atoms with Crippen molar-refractivity contribution in [2.45, 2.75) is 175 Å². The van der Waals surface area contributed by atoms with Crippen LogP contribution in [0.5, 0.6) is 11.5 Å². The summed E-state index contributed by atoms with van der Waals surface area (Å²) in [6.07, 6.45) is -0.578. The van der Waals surface area contributed by atoms with E-state index in [2.05, 4.69) is 10.6 Å². The second-order valence-electron chi connectivity index (χ2n) is 25.9. The number of Topliss-reactive ketones (excluding diaryl/α,β-unsaturated/α-hetero) is 3. The predicted molar refractivity (Wildman–Crippen MR) is 363 cm³/mol. The van der Waals surface area contributed by atoms with Crippen LogP contribution in [0.25, 0.3) is 0 Å². The SMILES string of the molecule is CCOCCCC(=O)CCC(CCC(=O)CCCOCC)(CCC(=O)CCCOCCOCCOCCOC1O[C@H](COC(C)=O)[C@H](C)[C@H](OC(C)=O)[C@H]1NC(C)=O)NC(=O)CC(=O)N1C[C@](C)(CO)[C@](C)(COC(c2ccccc2)(c2ccc(OC)cc2)c2ccc(OC)cc2)C1. The molecule has 0 radical (unpaired) electrons. The summed E-state index contributed by atoms with van der Waals surface area (Å²) in [5.74, 6) is -1.91. The van der Waals surface area contributed by atoms with E-state index in [9.17, 15) is 43.5 Å². The highest BCUT2D eigenvalue weighted by molar-refractivity contribution is 5.97. The maximum atomic E-state index is 14.7. The lowest BCUT2D eigenvalue weighted by molar-refractivity contribution is -0.262. The lowest BCUT2D eigenvalue weighted by Gasteiger charge is -2.44. The van der Waals surface area contributed by atoms with Crippen molar-refractivity contribution in [1.82, 2.24) is 15.5 Å². The van der Waals surface area contributed by atoms with E-state index in [1.807, 2.05) is 107 Å². The number of amides is 3. The lowest BCUT2D eigenvalue weighted by Crippen LogP contribution is -2.63. The van der Waals surface area contributed by atoms with Gasteiger partial charge in [0.2, 0.25) is 17.7 Å². The molecule has 98 heavy (non-hydrogen) atoms.